The molecule has 4 N–H and O–H groups in total. The molecule has 312 valence electrons. The van der Waals surface area contributed by atoms with Crippen molar-refractivity contribution in [2.75, 3.05) is 28.3 Å². The summed E-state index contributed by atoms with van der Waals surface area (Å²) in [5.74, 6) is -4.47. The van der Waals surface area contributed by atoms with E-state index in [2.05, 4.69) is 0 Å². The molecule has 3 rings (SSSR count). The highest BCUT2D eigenvalue weighted by atomic mass is 35.5. The predicted octanol–water partition coefficient (Wildman–Crippen LogP) is 2.86. The fourth-order valence-corrected chi connectivity index (χ4v) is 8.58. The summed E-state index contributed by atoms with van der Waals surface area (Å²) in [7, 11) is 6.77. The number of cyclic esters (lactones) is 1. The van der Waals surface area contributed by atoms with Gasteiger partial charge < -0.3 is 58.5 Å². The van der Waals surface area contributed by atoms with Crippen LogP contribution in [0.2, 0.25) is 0 Å². The first-order valence-electron chi connectivity index (χ1n) is 18.9. The number of halogens is 1. The van der Waals surface area contributed by atoms with Crippen LogP contribution in [-0.4, -0.2) is 150 Å². The minimum absolute atomic E-state index is 0. The van der Waals surface area contributed by atoms with Crippen LogP contribution in [0, 0.1) is 23.7 Å². The van der Waals surface area contributed by atoms with Crippen LogP contribution in [0.1, 0.15) is 94.9 Å². The average Bonchev–Trinajstić information content (AvgIpc) is 3.09. The molecule has 15 heteroatoms. The van der Waals surface area contributed by atoms with Gasteiger partial charge in [0.2, 0.25) is 0 Å². The number of rotatable bonds is 8. The van der Waals surface area contributed by atoms with Crippen molar-refractivity contribution in [2.45, 2.75) is 179 Å². The highest BCUT2D eigenvalue weighted by Gasteiger charge is 2.54. The standard InChI is InChI=1S/C38H69NO13.ClH/c1-15-26-38(10,45)31(42)21(4)28(40)19(2)17-37(9,47-14)33(52-35-29(41)25(39(11)12)16-20(3)48-35)22(5)30(23(6)34(44)50-26)51-27-18-36(8,46-13)32(43)24(7)49-27;/h19-27,29-33,35,41-43,45H,15-18H2,1-14H3;1H/t19-,20-,21+,22+,23-,24+,25+,26-,27+,29-,30+,31-,32+,33-,35+,36-,37-,38-;/m1./s1. The van der Waals surface area contributed by atoms with Gasteiger partial charge in [-0.2, -0.15) is 0 Å². The van der Waals surface area contributed by atoms with Crippen LogP contribution < -0.4 is 0 Å². The molecule has 0 radical (unpaired) electrons. The van der Waals surface area contributed by atoms with Crippen molar-refractivity contribution in [3.63, 3.8) is 0 Å². The number of ether oxygens (including phenoxy) is 7. The second-order valence-corrected chi connectivity index (χ2v) is 16.6. The van der Waals surface area contributed by atoms with Gasteiger partial charge in [-0.1, -0.05) is 27.7 Å². The second kappa shape index (κ2) is 19.0. The molecule has 3 aliphatic rings. The third-order valence-corrected chi connectivity index (χ3v) is 12.3. The summed E-state index contributed by atoms with van der Waals surface area (Å²) in [6, 6.07) is -0.283. The van der Waals surface area contributed by atoms with E-state index < -0.39 is 102 Å². The van der Waals surface area contributed by atoms with Gasteiger partial charge in [0.05, 0.1) is 47.6 Å². The number of likely N-dealkylation sites (N-methyl/N-ethyl adjacent to an activating group) is 1. The molecule has 0 aromatic carbocycles. The number of carbonyl (C=O) groups excluding carboxylic acids is 2. The Morgan fingerprint density at radius 1 is 0.849 bits per heavy atom. The van der Waals surface area contributed by atoms with Gasteiger partial charge in [0.15, 0.2) is 12.6 Å². The molecule has 53 heavy (non-hydrogen) atoms. The number of ketones is 1. The monoisotopic (exact) mass is 783 g/mol. The molecule has 3 aliphatic heterocycles. The molecule has 0 aliphatic carbocycles. The van der Waals surface area contributed by atoms with E-state index in [1.807, 2.05) is 32.8 Å². The average molecular weight is 784 g/mol. The number of methoxy groups -OCH3 is 2. The molecule has 3 heterocycles. The SMILES string of the molecule is CC[C@H]1OC(=O)[C@H](C)[C@@H](O[C@H]2C[C@@](C)(OC)[C@@H](O)[C@H](C)O2)[C@H](C)[C@@H](O[C@@H]2O[C@H](C)C[C@H](N(C)C)[C@H]2O)[C@](C)(OC)C[C@@H](C)C(=O)[C@H](C)[C@@H](O)[C@]1(C)O.Cl. The Labute approximate surface area is 322 Å². The summed E-state index contributed by atoms with van der Waals surface area (Å²) in [6.07, 6.45) is -8.73. The van der Waals surface area contributed by atoms with Crippen LogP contribution in [0.3, 0.4) is 0 Å². The van der Waals surface area contributed by atoms with Gasteiger partial charge in [-0.15, -0.1) is 12.4 Å². The molecule has 0 saturated carbocycles. The molecular formula is C38H70ClNO13. The summed E-state index contributed by atoms with van der Waals surface area (Å²) in [6.45, 7) is 17.1. The van der Waals surface area contributed by atoms with Gasteiger partial charge in [0.25, 0.3) is 0 Å². The maximum absolute atomic E-state index is 14.2. The predicted molar refractivity (Wildman–Crippen MR) is 198 cm³/mol. The third kappa shape index (κ3) is 10.3. The van der Waals surface area contributed by atoms with Crippen molar-refractivity contribution in [3.8, 4) is 0 Å². The van der Waals surface area contributed by atoms with Crippen LogP contribution >= 0.6 is 12.4 Å². The molecule has 0 amide bonds. The van der Waals surface area contributed by atoms with Gasteiger partial charge >= 0.3 is 5.97 Å². The zero-order valence-corrected chi connectivity index (χ0v) is 35.1. The molecule has 14 nitrogen and oxygen atoms in total. The number of hydrogen-bond acceptors (Lipinski definition) is 14. The van der Waals surface area contributed by atoms with Crippen LogP contribution in [-0.2, 0) is 42.7 Å². The molecule has 3 fully saturated rings. The normalized spacial score (nSPS) is 48.1. The van der Waals surface area contributed by atoms with Gasteiger partial charge in [-0.25, -0.2) is 0 Å². The van der Waals surface area contributed by atoms with Crippen molar-refractivity contribution in [3.05, 3.63) is 0 Å². The van der Waals surface area contributed by atoms with E-state index in [0.717, 1.165) is 0 Å². The zero-order valence-electron chi connectivity index (χ0n) is 34.3. The van der Waals surface area contributed by atoms with E-state index in [1.165, 1.54) is 21.1 Å². The highest BCUT2D eigenvalue weighted by molar-refractivity contribution is 5.85. The second-order valence-electron chi connectivity index (χ2n) is 16.6. The molecule has 0 bridgehead atoms. The summed E-state index contributed by atoms with van der Waals surface area (Å²) in [5.41, 5.74) is -4.24. The first-order valence-corrected chi connectivity index (χ1v) is 18.9. The number of aliphatic hydroxyl groups is 4. The van der Waals surface area contributed by atoms with E-state index in [0.29, 0.717) is 6.42 Å². The Hall–Kier alpha value is -1.01. The minimum atomic E-state index is -1.96. The van der Waals surface area contributed by atoms with E-state index in [4.69, 9.17) is 33.2 Å². The van der Waals surface area contributed by atoms with Gasteiger partial charge in [-0.05, 0) is 74.9 Å². The Balaban J connectivity index is 0.00000972. The largest absolute Gasteiger partial charge is 0.459 e. The summed E-state index contributed by atoms with van der Waals surface area (Å²) in [4.78, 5) is 30.1. The Kier molecular flexibility index (Phi) is 17.2. The van der Waals surface area contributed by atoms with Crippen molar-refractivity contribution >= 4 is 24.2 Å². The lowest BCUT2D eigenvalue weighted by Gasteiger charge is -2.50. The molecular weight excluding hydrogens is 714 g/mol. The molecule has 0 aromatic heterocycles. The summed E-state index contributed by atoms with van der Waals surface area (Å²) in [5, 5.41) is 45.6. The number of nitrogens with zero attached hydrogens (tertiary/aromatic N) is 1. The van der Waals surface area contributed by atoms with Gasteiger partial charge in [0, 0.05) is 44.4 Å². The van der Waals surface area contributed by atoms with Crippen molar-refractivity contribution < 1.29 is 63.2 Å². The van der Waals surface area contributed by atoms with E-state index in [1.54, 1.807) is 48.5 Å². The fourth-order valence-electron chi connectivity index (χ4n) is 8.58. The lowest BCUT2D eigenvalue weighted by atomic mass is 9.74. The van der Waals surface area contributed by atoms with Gasteiger partial charge in [-0.3, -0.25) is 9.59 Å². The topological polar surface area (TPSA) is 183 Å². The minimum Gasteiger partial charge on any atom is -0.459 e. The van der Waals surface area contributed by atoms with Crippen LogP contribution in [0.15, 0.2) is 0 Å². The number of carbonyl (C=O) groups is 2. The van der Waals surface area contributed by atoms with Crippen molar-refractivity contribution in [1.82, 2.24) is 4.90 Å². The van der Waals surface area contributed by atoms with E-state index >= 15 is 0 Å². The maximum Gasteiger partial charge on any atom is 0.311 e. The molecule has 0 spiro atoms. The van der Waals surface area contributed by atoms with Gasteiger partial charge in [0.1, 0.15) is 29.7 Å². The van der Waals surface area contributed by atoms with Crippen LogP contribution in [0.25, 0.3) is 0 Å². The Morgan fingerprint density at radius 3 is 1.96 bits per heavy atom. The zero-order chi connectivity index (χ0) is 39.7. The quantitative estimate of drug-likeness (QED) is 0.264. The van der Waals surface area contributed by atoms with Crippen LogP contribution in [0.4, 0.5) is 0 Å². The van der Waals surface area contributed by atoms with E-state index in [9.17, 15) is 30.0 Å². The van der Waals surface area contributed by atoms with Crippen LogP contribution in [0.5, 0.6) is 0 Å². The smallest absolute Gasteiger partial charge is 0.311 e. The number of Topliss-reactive ketones (excluding diaryl/α,β-unsaturated/α-hetero) is 1. The summed E-state index contributed by atoms with van der Waals surface area (Å²) >= 11 is 0. The van der Waals surface area contributed by atoms with E-state index in [-0.39, 0.29) is 49.6 Å². The highest BCUT2D eigenvalue weighted by Crippen LogP contribution is 2.41. The lowest BCUT2D eigenvalue weighted by molar-refractivity contribution is -0.319. The first kappa shape index (κ1) is 48.1. The molecule has 0 aromatic rings. The fraction of sp³-hybridized carbons (Fsp3) is 0.947. The lowest BCUT2D eigenvalue weighted by Crippen LogP contribution is -2.61. The van der Waals surface area contributed by atoms with Crippen molar-refractivity contribution in [1.29, 1.82) is 0 Å². The number of esters is 1. The number of hydrogen-bond donors (Lipinski definition) is 4. The van der Waals surface area contributed by atoms with Crippen molar-refractivity contribution in [2.24, 2.45) is 23.7 Å². The molecule has 3 saturated heterocycles. The Bertz CT molecular complexity index is 1190. The Morgan fingerprint density at radius 2 is 1.43 bits per heavy atom. The molecule has 18 atom stereocenters. The summed E-state index contributed by atoms with van der Waals surface area (Å²) < 4.78 is 43.9. The molecule has 0 unspecified atom stereocenters. The number of aliphatic hydroxyl groups excluding tert-OH is 3. The first-order chi connectivity index (χ1) is 24.0. The maximum atomic E-state index is 14.2. The third-order valence-electron chi connectivity index (χ3n) is 12.3.